The second kappa shape index (κ2) is 10.6. The van der Waals surface area contributed by atoms with Crippen molar-refractivity contribution in [2.45, 2.75) is 37.7 Å². The number of para-hydroxylation sites is 2. The maximum absolute atomic E-state index is 13.2. The zero-order chi connectivity index (χ0) is 26.8. The Balaban J connectivity index is 1.68. The van der Waals surface area contributed by atoms with Crippen LogP contribution in [0.15, 0.2) is 77.7 Å². The van der Waals surface area contributed by atoms with Gasteiger partial charge in [0.05, 0.1) is 23.3 Å². The molecule has 0 amide bonds. The number of nitrogens with one attached hydrogen (secondary N) is 1. The minimum absolute atomic E-state index is 0.0762. The standard InChI is InChI=1S/C28H29ClN2O5S/c1-28(2,3)36-27(32)31-23-11-7-5-10-20(23)17-24(31)21-13-14-22(29)26(18-21)37(33,34)30-16-15-19-9-6-8-12-25(19)35-4/h5-14,17-18,30H,15-16H2,1-4H3. The molecule has 37 heavy (non-hydrogen) atoms. The van der Waals surface area contributed by atoms with Gasteiger partial charge in [-0.2, -0.15) is 0 Å². The lowest BCUT2D eigenvalue weighted by molar-refractivity contribution is 0.0547. The summed E-state index contributed by atoms with van der Waals surface area (Å²) in [6.07, 6.45) is -0.119. The lowest BCUT2D eigenvalue weighted by Crippen LogP contribution is -2.27. The molecule has 1 heterocycles. The second-order valence-electron chi connectivity index (χ2n) is 9.51. The molecule has 9 heteroatoms. The van der Waals surface area contributed by atoms with Crippen molar-refractivity contribution in [1.82, 2.24) is 9.29 Å². The van der Waals surface area contributed by atoms with Gasteiger partial charge in [0.25, 0.3) is 0 Å². The van der Waals surface area contributed by atoms with Gasteiger partial charge in [-0.3, -0.25) is 0 Å². The van der Waals surface area contributed by atoms with Crippen molar-refractivity contribution in [3.05, 3.63) is 83.4 Å². The van der Waals surface area contributed by atoms with Gasteiger partial charge in [-0.25, -0.2) is 22.5 Å². The lowest BCUT2D eigenvalue weighted by atomic mass is 10.1. The Morgan fingerprint density at radius 3 is 2.43 bits per heavy atom. The second-order valence-corrected chi connectivity index (χ2v) is 11.7. The van der Waals surface area contributed by atoms with E-state index in [4.69, 9.17) is 21.1 Å². The van der Waals surface area contributed by atoms with E-state index >= 15 is 0 Å². The molecule has 0 aliphatic carbocycles. The predicted molar refractivity (Wildman–Crippen MR) is 146 cm³/mol. The number of halogens is 1. The summed E-state index contributed by atoms with van der Waals surface area (Å²) in [5.74, 6) is 0.691. The first kappa shape index (κ1) is 26.7. The van der Waals surface area contributed by atoms with Crippen LogP contribution in [0.3, 0.4) is 0 Å². The number of carbonyl (C=O) groups is 1. The van der Waals surface area contributed by atoms with E-state index in [-0.39, 0.29) is 16.5 Å². The summed E-state index contributed by atoms with van der Waals surface area (Å²) in [5.41, 5.74) is 1.84. The highest BCUT2D eigenvalue weighted by Gasteiger charge is 2.25. The summed E-state index contributed by atoms with van der Waals surface area (Å²) in [4.78, 5) is 13.1. The molecule has 0 fully saturated rings. The highest BCUT2D eigenvalue weighted by molar-refractivity contribution is 7.89. The first-order valence-electron chi connectivity index (χ1n) is 11.8. The molecule has 0 unspecified atom stereocenters. The molecule has 0 saturated heterocycles. The first-order chi connectivity index (χ1) is 17.5. The van der Waals surface area contributed by atoms with Crippen molar-refractivity contribution in [1.29, 1.82) is 0 Å². The molecule has 0 saturated carbocycles. The molecule has 0 bridgehead atoms. The van der Waals surface area contributed by atoms with E-state index in [9.17, 15) is 13.2 Å². The topological polar surface area (TPSA) is 86.6 Å². The van der Waals surface area contributed by atoms with Crippen LogP contribution in [-0.2, 0) is 21.2 Å². The number of sulfonamides is 1. The van der Waals surface area contributed by atoms with Crippen LogP contribution in [0, 0.1) is 0 Å². The molecule has 0 aliphatic rings. The summed E-state index contributed by atoms with van der Waals surface area (Å²) < 4.78 is 41.5. The largest absolute Gasteiger partial charge is 0.496 e. The van der Waals surface area contributed by atoms with Crippen LogP contribution in [0.25, 0.3) is 22.2 Å². The number of hydrogen-bond donors (Lipinski definition) is 1. The third-order valence-electron chi connectivity index (χ3n) is 5.68. The molecule has 4 aromatic rings. The third-order valence-corrected chi connectivity index (χ3v) is 7.62. The van der Waals surface area contributed by atoms with E-state index in [1.807, 2.05) is 54.6 Å². The van der Waals surface area contributed by atoms with Gasteiger partial charge in [0.1, 0.15) is 16.2 Å². The number of methoxy groups -OCH3 is 1. The fraction of sp³-hybridized carbons (Fsp3) is 0.250. The van der Waals surface area contributed by atoms with E-state index in [2.05, 4.69) is 4.72 Å². The number of ether oxygens (including phenoxy) is 2. The average Bonchev–Trinajstić information content (AvgIpc) is 3.23. The van der Waals surface area contributed by atoms with Crippen molar-refractivity contribution in [3.63, 3.8) is 0 Å². The summed E-state index contributed by atoms with van der Waals surface area (Å²) in [6.45, 7) is 5.53. The first-order valence-corrected chi connectivity index (χ1v) is 13.6. The van der Waals surface area contributed by atoms with Crippen LogP contribution in [0.1, 0.15) is 26.3 Å². The van der Waals surface area contributed by atoms with Crippen LogP contribution in [0.4, 0.5) is 4.79 Å². The number of nitrogens with zero attached hydrogens (tertiary/aromatic N) is 1. The molecule has 1 aromatic heterocycles. The van der Waals surface area contributed by atoms with E-state index in [0.717, 1.165) is 10.9 Å². The van der Waals surface area contributed by atoms with Crippen LogP contribution in [0.5, 0.6) is 5.75 Å². The molecule has 0 radical (unpaired) electrons. The van der Waals surface area contributed by atoms with Crippen molar-refractivity contribution in [2.24, 2.45) is 0 Å². The molecule has 4 rings (SSSR count). The Labute approximate surface area is 222 Å². The third kappa shape index (κ3) is 5.98. The molecular weight excluding hydrogens is 512 g/mol. The van der Waals surface area contributed by atoms with E-state index in [1.54, 1.807) is 33.9 Å². The van der Waals surface area contributed by atoms with Crippen LogP contribution < -0.4 is 9.46 Å². The molecule has 0 aliphatic heterocycles. The number of hydrogen-bond acceptors (Lipinski definition) is 5. The fourth-order valence-corrected chi connectivity index (χ4v) is 5.60. The Morgan fingerprint density at radius 2 is 1.70 bits per heavy atom. The van der Waals surface area contributed by atoms with Gasteiger partial charge in [0.15, 0.2) is 0 Å². The van der Waals surface area contributed by atoms with Crippen LogP contribution >= 0.6 is 11.6 Å². The summed E-state index contributed by atoms with van der Waals surface area (Å²) in [5, 5.41) is 0.895. The van der Waals surface area contributed by atoms with Gasteiger partial charge in [-0.1, -0.05) is 54.1 Å². The lowest BCUT2D eigenvalue weighted by Gasteiger charge is -2.21. The van der Waals surface area contributed by atoms with Gasteiger partial charge in [-0.15, -0.1) is 0 Å². The minimum atomic E-state index is -3.95. The number of rotatable bonds is 7. The molecule has 0 spiro atoms. The van der Waals surface area contributed by atoms with Gasteiger partial charge in [0, 0.05) is 17.5 Å². The number of aromatic nitrogens is 1. The molecule has 1 N–H and O–H groups in total. The van der Waals surface area contributed by atoms with Gasteiger partial charge in [-0.05, 0) is 63.1 Å². The highest BCUT2D eigenvalue weighted by atomic mass is 35.5. The van der Waals surface area contributed by atoms with E-state index < -0.39 is 21.7 Å². The van der Waals surface area contributed by atoms with Crippen molar-refractivity contribution in [3.8, 4) is 17.0 Å². The number of carbonyl (C=O) groups excluding carboxylic acids is 1. The summed E-state index contributed by atoms with van der Waals surface area (Å²) >= 11 is 6.34. The Hall–Kier alpha value is -3.33. The molecule has 3 aromatic carbocycles. The smallest absolute Gasteiger partial charge is 0.419 e. The van der Waals surface area contributed by atoms with Crippen molar-refractivity contribution >= 4 is 38.6 Å². The van der Waals surface area contributed by atoms with Gasteiger partial charge in [0.2, 0.25) is 10.0 Å². The zero-order valence-corrected chi connectivity index (χ0v) is 22.7. The monoisotopic (exact) mass is 540 g/mol. The quantitative estimate of drug-likeness (QED) is 0.298. The Morgan fingerprint density at radius 1 is 1.00 bits per heavy atom. The highest BCUT2D eigenvalue weighted by Crippen LogP contribution is 2.33. The Kier molecular flexibility index (Phi) is 7.64. The Bertz CT molecular complexity index is 1550. The van der Waals surface area contributed by atoms with Crippen LogP contribution in [-0.4, -0.2) is 38.3 Å². The van der Waals surface area contributed by atoms with Gasteiger partial charge >= 0.3 is 6.09 Å². The van der Waals surface area contributed by atoms with Crippen LogP contribution in [0.2, 0.25) is 5.02 Å². The predicted octanol–water partition coefficient (Wildman–Crippen LogP) is 6.27. The molecule has 0 atom stereocenters. The fourth-order valence-electron chi connectivity index (χ4n) is 4.05. The normalized spacial score (nSPS) is 12.0. The summed E-state index contributed by atoms with van der Waals surface area (Å²) in [6, 6.07) is 21.3. The molecule has 194 valence electrons. The zero-order valence-electron chi connectivity index (χ0n) is 21.1. The molecule has 7 nitrogen and oxygen atoms in total. The summed E-state index contributed by atoms with van der Waals surface area (Å²) in [7, 11) is -2.38. The number of benzene rings is 3. The SMILES string of the molecule is COc1ccccc1CCNS(=O)(=O)c1cc(-c2cc3ccccc3n2C(=O)OC(C)(C)C)ccc1Cl. The van der Waals surface area contributed by atoms with Crippen molar-refractivity contribution in [2.75, 3.05) is 13.7 Å². The maximum atomic E-state index is 13.2. The van der Waals surface area contributed by atoms with E-state index in [0.29, 0.717) is 28.9 Å². The average molecular weight is 541 g/mol. The van der Waals surface area contributed by atoms with E-state index in [1.165, 1.54) is 16.7 Å². The maximum Gasteiger partial charge on any atom is 0.419 e. The van der Waals surface area contributed by atoms with Gasteiger partial charge < -0.3 is 9.47 Å². The minimum Gasteiger partial charge on any atom is -0.496 e. The molecular formula is C28H29ClN2O5S. The van der Waals surface area contributed by atoms with Crippen molar-refractivity contribution < 1.29 is 22.7 Å². The number of fused-ring (bicyclic) bond motifs is 1.